The number of phenols is 1. The zero-order chi connectivity index (χ0) is 38.5. The number of rotatable bonds is 5. The van der Waals surface area contributed by atoms with Crippen LogP contribution in [0.5, 0.6) is 5.75 Å². The van der Waals surface area contributed by atoms with Crippen molar-refractivity contribution in [2.75, 3.05) is 9.80 Å². The number of carbonyl (C=O) groups is 4. The molecule has 11 heteroatoms. The highest BCUT2D eigenvalue weighted by Gasteiger charge is 2.70. The number of phenolic OH excluding ortho intramolecular Hbond substituents is 1. The lowest BCUT2D eigenvalue weighted by Crippen LogP contribution is -2.53. The monoisotopic (exact) mass is 763 g/mol. The molecule has 276 valence electrons. The number of hydrogen-bond donors (Lipinski definition) is 1. The number of fused-ring (bicyclic) bond motifs is 5. The van der Waals surface area contributed by atoms with E-state index in [1.165, 1.54) is 17.0 Å². The maximum Gasteiger partial charge on any atom is 0.246 e. The summed E-state index contributed by atoms with van der Waals surface area (Å²) in [6.07, 6.45) is 2.20. The molecule has 3 heterocycles. The Kier molecular flexibility index (Phi) is 7.66. The molecule has 2 saturated heterocycles. The Morgan fingerprint density at radius 2 is 1.54 bits per heavy atom. The molecular weight excluding hydrogens is 733 g/mol. The third-order valence-corrected chi connectivity index (χ3v) is 12.4. The van der Waals surface area contributed by atoms with E-state index < -0.39 is 64.3 Å². The predicted octanol–water partition coefficient (Wildman–Crippen LogP) is 8.36. The van der Waals surface area contributed by atoms with Gasteiger partial charge in [0.05, 0.1) is 34.5 Å². The molecule has 10 rings (SSSR count). The number of para-hydroxylation sites is 2. The molecule has 2 aliphatic heterocycles. The van der Waals surface area contributed by atoms with Gasteiger partial charge in [0.1, 0.15) is 5.52 Å². The summed E-state index contributed by atoms with van der Waals surface area (Å²) in [6.45, 7) is 0. The highest BCUT2D eigenvalue weighted by atomic mass is 35.5. The molecule has 4 amide bonds. The second-order valence-electron chi connectivity index (χ2n) is 14.8. The van der Waals surface area contributed by atoms with Crippen molar-refractivity contribution < 1.29 is 33.1 Å². The Morgan fingerprint density at radius 1 is 0.768 bits per heavy atom. The minimum Gasteiger partial charge on any atom is -0.505 e. The van der Waals surface area contributed by atoms with Crippen LogP contribution in [0, 0.1) is 29.5 Å². The van der Waals surface area contributed by atoms with Crippen LogP contribution in [0.25, 0.3) is 22.6 Å². The van der Waals surface area contributed by atoms with Gasteiger partial charge in [0.25, 0.3) is 0 Å². The Labute approximate surface area is 324 Å². The molecule has 0 spiro atoms. The fourth-order valence-electron chi connectivity index (χ4n) is 9.82. The summed E-state index contributed by atoms with van der Waals surface area (Å²) in [5.41, 5.74) is 2.74. The average Bonchev–Trinajstić information content (AvgIpc) is 3.83. The number of amides is 4. The number of carbonyl (C=O) groups excluding carboxylic acids is 4. The molecular formula is C45H31ClFN3O6. The van der Waals surface area contributed by atoms with Gasteiger partial charge in [0.2, 0.25) is 29.5 Å². The maximum atomic E-state index is 15.4. The number of aromatic nitrogens is 1. The van der Waals surface area contributed by atoms with Crippen LogP contribution < -0.4 is 9.80 Å². The van der Waals surface area contributed by atoms with E-state index in [1.54, 1.807) is 78.9 Å². The lowest BCUT2D eigenvalue weighted by atomic mass is 9.49. The predicted molar refractivity (Wildman–Crippen MR) is 206 cm³/mol. The highest BCUT2D eigenvalue weighted by molar-refractivity contribution is 6.32. The van der Waals surface area contributed by atoms with Crippen molar-refractivity contribution in [3.63, 3.8) is 0 Å². The molecule has 0 bridgehead atoms. The summed E-state index contributed by atoms with van der Waals surface area (Å²) in [4.78, 5) is 66.1. The van der Waals surface area contributed by atoms with Gasteiger partial charge >= 0.3 is 0 Å². The second-order valence-corrected chi connectivity index (χ2v) is 15.3. The summed E-state index contributed by atoms with van der Waals surface area (Å²) in [7, 11) is 0. The number of benzene rings is 5. The summed E-state index contributed by atoms with van der Waals surface area (Å²) in [6, 6.07) is 33.8. The van der Waals surface area contributed by atoms with Gasteiger partial charge < -0.3 is 9.52 Å². The lowest BCUT2D eigenvalue weighted by Gasteiger charge is -2.50. The Hall–Kier alpha value is -6.39. The first-order chi connectivity index (χ1) is 27.2. The van der Waals surface area contributed by atoms with Crippen LogP contribution in [0.2, 0.25) is 5.02 Å². The number of aromatic hydroxyl groups is 1. The van der Waals surface area contributed by atoms with Crippen LogP contribution in [-0.4, -0.2) is 33.7 Å². The average molecular weight is 764 g/mol. The van der Waals surface area contributed by atoms with Gasteiger partial charge in [0, 0.05) is 16.5 Å². The number of allylic oxidation sites excluding steroid dienone is 2. The zero-order valence-electron chi connectivity index (χ0n) is 29.5. The molecule has 5 aromatic carbocycles. The largest absolute Gasteiger partial charge is 0.505 e. The van der Waals surface area contributed by atoms with Gasteiger partial charge in [-0.3, -0.25) is 24.1 Å². The number of oxazole rings is 1. The number of nitrogens with zero attached hydrogens (tertiary/aromatic N) is 3. The molecule has 6 aromatic rings. The minimum atomic E-state index is -1.56. The van der Waals surface area contributed by atoms with Gasteiger partial charge in [-0.05, 0) is 96.6 Å². The van der Waals surface area contributed by atoms with Gasteiger partial charge in [-0.1, -0.05) is 77.8 Å². The van der Waals surface area contributed by atoms with Crippen LogP contribution in [0.15, 0.2) is 137 Å². The van der Waals surface area contributed by atoms with Crippen LogP contribution >= 0.6 is 11.6 Å². The first-order valence-corrected chi connectivity index (χ1v) is 18.8. The molecule has 3 fully saturated rings. The number of halogens is 2. The normalized spacial score (nSPS) is 25.7. The maximum absolute atomic E-state index is 15.4. The Bertz CT molecular complexity index is 2640. The summed E-state index contributed by atoms with van der Waals surface area (Å²) < 4.78 is 21.3. The van der Waals surface area contributed by atoms with Crippen molar-refractivity contribution in [1.29, 1.82) is 0 Å². The second kappa shape index (κ2) is 12.6. The van der Waals surface area contributed by atoms with Crippen LogP contribution in [0.1, 0.15) is 29.9 Å². The van der Waals surface area contributed by atoms with Crippen molar-refractivity contribution >= 4 is 57.7 Å². The van der Waals surface area contributed by atoms with E-state index in [9.17, 15) is 19.5 Å². The Morgan fingerprint density at radius 3 is 2.29 bits per heavy atom. The summed E-state index contributed by atoms with van der Waals surface area (Å²) >= 11 is 6.39. The van der Waals surface area contributed by atoms with E-state index in [1.807, 2.05) is 36.4 Å². The zero-order valence-corrected chi connectivity index (χ0v) is 30.3. The van der Waals surface area contributed by atoms with Gasteiger partial charge in [-0.15, -0.1) is 0 Å². The summed E-state index contributed by atoms with van der Waals surface area (Å²) in [5.74, 6) is -6.93. The smallest absolute Gasteiger partial charge is 0.246 e. The molecule has 1 N–H and O–H groups in total. The SMILES string of the molecule is O=C1[C@H]2[C@H](CC=C3[C@H]2C[C@H]2C(=O)N(c4cccc(Cl)c4)C(=O)[C@@]2(c2ccccc2)[C@H]3c2ccc(O)c(F)c2)C(=O)N1c1ccc(-c2nc3ccccc3o2)cc1. The highest BCUT2D eigenvalue weighted by Crippen LogP contribution is 2.64. The quantitative estimate of drug-likeness (QED) is 0.138. The van der Waals surface area contributed by atoms with E-state index in [4.69, 9.17) is 16.0 Å². The Balaban J connectivity index is 1.09. The standard InChI is InChI=1S/C45H31ClFN3O6/c46-27-9-6-10-29(22-27)50-42(53)33-23-32-30(39(25-15-20-36(51)34(47)21-25)45(33,44(50)55)26-7-2-1-3-8-26)18-19-31-38(32)43(54)49(41(31)52)28-16-13-24(14-17-28)40-48-35-11-4-5-12-37(35)56-40/h1-18,20-22,31-33,38-39,51H,19,23H2/t31-,32+,33-,38-,39-,45+/m0/s1. The molecule has 0 unspecified atom stereocenters. The third-order valence-electron chi connectivity index (χ3n) is 12.1. The van der Waals surface area contributed by atoms with E-state index in [2.05, 4.69) is 4.98 Å². The van der Waals surface area contributed by atoms with Crippen molar-refractivity contribution in [1.82, 2.24) is 4.98 Å². The number of imide groups is 2. The van der Waals surface area contributed by atoms with Gasteiger partial charge in [-0.2, -0.15) is 0 Å². The first kappa shape index (κ1) is 34.1. The van der Waals surface area contributed by atoms with Crippen LogP contribution in [-0.2, 0) is 24.6 Å². The van der Waals surface area contributed by atoms with E-state index in [-0.39, 0.29) is 18.7 Å². The van der Waals surface area contributed by atoms with E-state index in [0.29, 0.717) is 55.7 Å². The third kappa shape index (κ3) is 4.81. The topological polar surface area (TPSA) is 121 Å². The van der Waals surface area contributed by atoms with Crippen molar-refractivity contribution in [3.8, 4) is 17.2 Å². The van der Waals surface area contributed by atoms with Crippen LogP contribution in [0.3, 0.4) is 0 Å². The first-order valence-electron chi connectivity index (χ1n) is 18.4. The van der Waals surface area contributed by atoms with Crippen molar-refractivity contribution in [3.05, 3.63) is 155 Å². The van der Waals surface area contributed by atoms with Crippen LogP contribution in [0.4, 0.5) is 15.8 Å². The van der Waals surface area contributed by atoms with E-state index in [0.717, 1.165) is 4.90 Å². The molecule has 1 saturated carbocycles. The van der Waals surface area contributed by atoms with E-state index >= 15 is 9.18 Å². The number of anilines is 2. The summed E-state index contributed by atoms with van der Waals surface area (Å²) in [5, 5.41) is 10.6. The molecule has 9 nitrogen and oxygen atoms in total. The fourth-order valence-corrected chi connectivity index (χ4v) is 10.0. The minimum absolute atomic E-state index is 0.0874. The molecule has 1 aromatic heterocycles. The van der Waals surface area contributed by atoms with Crippen molar-refractivity contribution in [2.24, 2.45) is 23.7 Å². The number of hydrogen-bond acceptors (Lipinski definition) is 7. The van der Waals surface area contributed by atoms with Gasteiger partial charge in [-0.25, -0.2) is 14.3 Å². The molecule has 6 atom stereocenters. The van der Waals surface area contributed by atoms with Gasteiger partial charge in [0.15, 0.2) is 17.1 Å². The molecule has 56 heavy (non-hydrogen) atoms. The van der Waals surface area contributed by atoms with Crippen molar-refractivity contribution in [2.45, 2.75) is 24.2 Å². The fraction of sp³-hybridized carbons (Fsp3) is 0.178. The molecule has 0 radical (unpaired) electrons. The molecule has 4 aliphatic rings. The lowest BCUT2D eigenvalue weighted by molar-refractivity contribution is -0.127. The molecule has 2 aliphatic carbocycles.